The standard InChI is InChI=1S/C12H12BrNO4/c1-18-10-4-3-9(13)6-8(10)2-5-11(15)14-7-12(16)17/h2-6H,7H2,1H3,(H,14,15)(H,16,17)/b5-2+. The molecule has 0 aromatic heterocycles. The average molecular weight is 314 g/mol. The summed E-state index contributed by atoms with van der Waals surface area (Å²) in [6, 6.07) is 5.37. The number of halogens is 1. The smallest absolute Gasteiger partial charge is 0.322 e. The Morgan fingerprint density at radius 1 is 1.50 bits per heavy atom. The molecule has 1 aromatic rings. The predicted octanol–water partition coefficient (Wildman–Crippen LogP) is 1.67. The largest absolute Gasteiger partial charge is 0.496 e. The first kappa shape index (κ1) is 14.2. The van der Waals surface area contributed by atoms with E-state index in [0.29, 0.717) is 5.75 Å². The van der Waals surface area contributed by atoms with E-state index in [9.17, 15) is 9.59 Å². The van der Waals surface area contributed by atoms with Crippen LogP contribution in [0.4, 0.5) is 0 Å². The average Bonchev–Trinajstić information content (AvgIpc) is 2.34. The summed E-state index contributed by atoms with van der Waals surface area (Å²) in [5.41, 5.74) is 0.720. The van der Waals surface area contributed by atoms with Gasteiger partial charge in [0.1, 0.15) is 12.3 Å². The van der Waals surface area contributed by atoms with Crippen LogP contribution in [0.2, 0.25) is 0 Å². The molecule has 0 saturated heterocycles. The molecule has 1 amide bonds. The molecule has 0 atom stereocenters. The second-order valence-corrected chi connectivity index (χ2v) is 4.25. The molecular weight excluding hydrogens is 302 g/mol. The van der Waals surface area contributed by atoms with Crippen molar-refractivity contribution < 1.29 is 19.4 Å². The van der Waals surface area contributed by atoms with Crippen molar-refractivity contribution in [3.8, 4) is 5.75 Å². The first-order chi connectivity index (χ1) is 8.52. The van der Waals surface area contributed by atoms with Crippen molar-refractivity contribution in [1.82, 2.24) is 5.32 Å². The number of carboxylic acids is 1. The van der Waals surface area contributed by atoms with Crippen LogP contribution in [0.3, 0.4) is 0 Å². The molecule has 2 N–H and O–H groups in total. The van der Waals surface area contributed by atoms with Gasteiger partial charge >= 0.3 is 5.97 Å². The zero-order valence-corrected chi connectivity index (χ0v) is 11.2. The van der Waals surface area contributed by atoms with Crippen molar-refractivity contribution in [3.05, 3.63) is 34.3 Å². The summed E-state index contributed by atoms with van der Waals surface area (Å²) in [6.45, 7) is -0.404. The Morgan fingerprint density at radius 3 is 2.83 bits per heavy atom. The number of rotatable bonds is 5. The number of methoxy groups -OCH3 is 1. The highest BCUT2D eigenvalue weighted by atomic mass is 79.9. The summed E-state index contributed by atoms with van der Waals surface area (Å²) in [5, 5.41) is 10.6. The minimum atomic E-state index is -1.09. The molecule has 0 spiro atoms. The third-order valence-electron chi connectivity index (χ3n) is 2.02. The van der Waals surface area contributed by atoms with Gasteiger partial charge in [0, 0.05) is 16.1 Å². The Morgan fingerprint density at radius 2 is 2.22 bits per heavy atom. The Kier molecular flexibility index (Phi) is 5.38. The molecule has 0 saturated carbocycles. The number of nitrogens with one attached hydrogen (secondary N) is 1. The van der Waals surface area contributed by atoms with E-state index in [2.05, 4.69) is 21.2 Å². The lowest BCUT2D eigenvalue weighted by molar-refractivity contribution is -0.137. The third-order valence-corrected chi connectivity index (χ3v) is 2.51. The number of carbonyl (C=O) groups is 2. The van der Waals surface area contributed by atoms with Gasteiger partial charge in [-0.05, 0) is 24.3 Å². The second-order valence-electron chi connectivity index (χ2n) is 3.33. The number of aliphatic carboxylic acids is 1. The van der Waals surface area contributed by atoms with Crippen LogP contribution >= 0.6 is 15.9 Å². The summed E-state index contributed by atoms with van der Waals surface area (Å²) in [6.07, 6.45) is 2.81. The van der Waals surface area contributed by atoms with E-state index in [1.807, 2.05) is 6.07 Å². The molecule has 0 aliphatic rings. The van der Waals surface area contributed by atoms with Gasteiger partial charge < -0.3 is 15.2 Å². The zero-order valence-electron chi connectivity index (χ0n) is 9.64. The molecule has 1 rings (SSSR count). The maximum Gasteiger partial charge on any atom is 0.322 e. The lowest BCUT2D eigenvalue weighted by Gasteiger charge is -2.04. The monoisotopic (exact) mass is 313 g/mol. The second kappa shape index (κ2) is 6.80. The van der Waals surface area contributed by atoms with Crippen molar-refractivity contribution in [1.29, 1.82) is 0 Å². The number of carboxylic acid groups (broad SMARTS) is 1. The van der Waals surface area contributed by atoms with Crippen LogP contribution < -0.4 is 10.1 Å². The van der Waals surface area contributed by atoms with E-state index in [0.717, 1.165) is 10.0 Å². The Bertz CT molecular complexity index is 485. The van der Waals surface area contributed by atoms with E-state index in [4.69, 9.17) is 9.84 Å². The minimum absolute atomic E-state index is 0.404. The molecule has 96 valence electrons. The van der Waals surface area contributed by atoms with Crippen LogP contribution in [0.5, 0.6) is 5.75 Å². The summed E-state index contributed by atoms with van der Waals surface area (Å²) < 4.78 is 5.99. The van der Waals surface area contributed by atoms with Crippen molar-refractivity contribution in [2.24, 2.45) is 0 Å². The topological polar surface area (TPSA) is 75.6 Å². The molecule has 0 aliphatic heterocycles. The fourth-order valence-corrected chi connectivity index (χ4v) is 1.60. The van der Waals surface area contributed by atoms with Gasteiger partial charge in [0.25, 0.3) is 0 Å². The van der Waals surface area contributed by atoms with Gasteiger partial charge in [-0.2, -0.15) is 0 Å². The van der Waals surface area contributed by atoms with Crippen LogP contribution in [0.1, 0.15) is 5.56 Å². The van der Waals surface area contributed by atoms with Crippen LogP contribution in [0, 0.1) is 0 Å². The van der Waals surface area contributed by atoms with E-state index < -0.39 is 18.4 Å². The summed E-state index contributed by atoms with van der Waals surface area (Å²) in [7, 11) is 1.53. The Balaban J connectivity index is 2.74. The molecule has 1 aromatic carbocycles. The SMILES string of the molecule is COc1ccc(Br)cc1/C=C/C(=O)NCC(=O)O. The normalized spacial score (nSPS) is 10.3. The fraction of sp³-hybridized carbons (Fsp3) is 0.167. The van der Waals surface area contributed by atoms with Crippen molar-refractivity contribution >= 4 is 33.9 Å². The zero-order chi connectivity index (χ0) is 13.5. The molecule has 0 heterocycles. The lowest BCUT2D eigenvalue weighted by Crippen LogP contribution is -2.27. The van der Waals surface area contributed by atoms with Crippen LogP contribution in [-0.4, -0.2) is 30.6 Å². The first-order valence-electron chi connectivity index (χ1n) is 5.04. The Hall–Kier alpha value is -1.82. The van der Waals surface area contributed by atoms with Gasteiger partial charge in [0.2, 0.25) is 5.91 Å². The van der Waals surface area contributed by atoms with Crippen molar-refractivity contribution in [2.45, 2.75) is 0 Å². The molecular formula is C12H12BrNO4. The number of hydrogen-bond acceptors (Lipinski definition) is 3. The van der Waals surface area contributed by atoms with Crippen LogP contribution in [0.25, 0.3) is 6.08 Å². The van der Waals surface area contributed by atoms with Gasteiger partial charge in [-0.25, -0.2) is 0 Å². The number of ether oxygens (including phenoxy) is 1. The number of carbonyl (C=O) groups excluding carboxylic acids is 1. The van der Waals surface area contributed by atoms with Gasteiger partial charge in [-0.1, -0.05) is 15.9 Å². The molecule has 0 aliphatic carbocycles. The first-order valence-corrected chi connectivity index (χ1v) is 5.83. The highest BCUT2D eigenvalue weighted by Gasteiger charge is 2.02. The Labute approximate surface area is 113 Å². The highest BCUT2D eigenvalue weighted by Crippen LogP contribution is 2.23. The van der Waals surface area contributed by atoms with Crippen LogP contribution in [0.15, 0.2) is 28.7 Å². The maximum atomic E-state index is 11.3. The quantitative estimate of drug-likeness (QED) is 0.811. The molecule has 0 radical (unpaired) electrons. The molecule has 18 heavy (non-hydrogen) atoms. The van der Waals surface area contributed by atoms with E-state index in [1.54, 1.807) is 18.2 Å². The van der Waals surface area contributed by atoms with Crippen LogP contribution in [-0.2, 0) is 9.59 Å². The number of benzene rings is 1. The van der Waals surface area contributed by atoms with Gasteiger partial charge in [-0.3, -0.25) is 9.59 Å². The van der Waals surface area contributed by atoms with E-state index in [1.165, 1.54) is 13.2 Å². The summed E-state index contributed by atoms with van der Waals surface area (Å²) >= 11 is 3.31. The fourth-order valence-electron chi connectivity index (χ4n) is 1.22. The van der Waals surface area contributed by atoms with Gasteiger partial charge in [0.15, 0.2) is 0 Å². The molecule has 0 fully saturated rings. The maximum absolute atomic E-state index is 11.3. The number of hydrogen-bond donors (Lipinski definition) is 2. The third kappa shape index (κ3) is 4.58. The summed E-state index contributed by atoms with van der Waals surface area (Å²) in [5.74, 6) is -0.934. The van der Waals surface area contributed by atoms with E-state index >= 15 is 0 Å². The van der Waals surface area contributed by atoms with Crippen molar-refractivity contribution in [2.75, 3.05) is 13.7 Å². The lowest BCUT2D eigenvalue weighted by atomic mass is 10.2. The van der Waals surface area contributed by atoms with E-state index in [-0.39, 0.29) is 0 Å². The van der Waals surface area contributed by atoms with Gasteiger partial charge in [0.05, 0.1) is 7.11 Å². The molecule has 0 unspecified atom stereocenters. The molecule has 6 heteroatoms. The minimum Gasteiger partial charge on any atom is -0.496 e. The summed E-state index contributed by atoms with van der Waals surface area (Å²) in [4.78, 5) is 21.5. The molecule has 5 nitrogen and oxygen atoms in total. The number of amides is 1. The predicted molar refractivity (Wildman–Crippen MR) is 70.4 cm³/mol. The molecule has 0 bridgehead atoms. The van der Waals surface area contributed by atoms with Crippen molar-refractivity contribution in [3.63, 3.8) is 0 Å². The highest BCUT2D eigenvalue weighted by molar-refractivity contribution is 9.10. The van der Waals surface area contributed by atoms with Gasteiger partial charge in [-0.15, -0.1) is 0 Å².